The first-order valence-corrected chi connectivity index (χ1v) is 5.52. The minimum Gasteiger partial charge on any atom is -0.358 e. The van der Waals surface area contributed by atoms with Crippen LogP contribution in [0.5, 0.6) is 0 Å². The summed E-state index contributed by atoms with van der Waals surface area (Å²) in [5, 5.41) is 5.66. The number of amides is 1. The van der Waals surface area contributed by atoms with E-state index in [-0.39, 0.29) is 11.9 Å². The molecule has 78 valence electrons. The van der Waals surface area contributed by atoms with Crippen LogP contribution >= 0.6 is 22.9 Å². The highest BCUT2D eigenvalue weighted by Crippen LogP contribution is 2.26. The third kappa shape index (κ3) is 3.29. The highest BCUT2D eigenvalue weighted by atomic mass is 35.5. The van der Waals surface area contributed by atoms with Gasteiger partial charge in [-0.15, -0.1) is 11.3 Å². The van der Waals surface area contributed by atoms with Crippen molar-refractivity contribution in [3.8, 4) is 0 Å². The first kappa shape index (κ1) is 11.5. The lowest BCUT2D eigenvalue weighted by Crippen LogP contribution is -2.32. The fourth-order valence-electron chi connectivity index (χ4n) is 0.996. The molecule has 0 aliphatic heterocycles. The van der Waals surface area contributed by atoms with Gasteiger partial charge in [-0.05, 0) is 19.1 Å². The molecule has 0 bridgehead atoms. The van der Waals surface area contributed by atoms with Crippen LogP contribution in [0.25, 0.3) is 0 Å². The molecule has 0 saturated carbocycles. The molecule has 0 aliphatic carbocycles. The second-order valence-corrected chi connectivity index (χ2v) is 4.66. The zero-order chi connectivity index (χ0) is 10.6. The van der Waals surface area contributed by atoms with Crippen molar-refractivity contribution in [2.24, 2.45) is 0 Å². The monoisotopic (exact) mass is 232 g/mol. The maximum atomic E-state index is 11.0. The molecule has 3 nitrogen and oxygen atoms in total. The van der Waals surface area contributed by atoms with E-state index in [4.69, 9.17) is 11.6 Å². The molecule has 5 heteroatoms. The zero-order valence-corrected chi connectivity index (χ0v) is 9.71. The number of nitrogens with one attached hydrogen (secondary N) is 2. The lowest BCUT2D eigenvalue weighted by molar-refractivity contribution is -0.119. The molecule has 2 N–H and O–H groups in total. The summed E-state index contributed by atoms with van der Waals surface area (Å²) >= 11 is 7.33. The first-order chi connectivity index (χ1) is 6.63. The summed E-state index contributed by atoms with van der Waals surface area (Å²) in [7, 11) is 1.62. The fraction of sp³-hybridized carbons (Fsp3) is 0.444. The van der Waals surface area contributed by atoms with Gasteiger partial charge in [0, 0.05) is 18.0 Å². The van der Waals surface area contributed by atoms with E-state index in [1.165, 1.54) is 11.3 Å². The van der Waals surface area contributed by atoms with Gasteiger partial charge in [0.15, 0.2) is 0 Å². The molecule has 0 saturated heterocycles. The number of halogens is 1. The van der Waals surface area contributed by atoms with Gasteiger partial charge in [0.1, 0.15) is 0 Å². The molecule has 14 heavy (non-hydrogen) atoms. The normalized spacial score (nSPS) is 12.5. The molecule has 1 amide bonds. The summed E-state index contributed by atoms with van der Waals surface area (Å²) in [4.78, 5) is 12.1. The summed E-state index contributed by atoms with van der Waals surface area (Å²) in [6, 6.07) is 3.98. The average Bonchev–Trinajstić information content (AvgIpc) is 2.60. The highest BCUT2D eigenvalue weighted by molar-refractivity contribution is 7.16. The number of hydrogen-bond acceptors (Lipinski definition) is 3. The van der Waals surface area contributed by atoms with Crippen molar-refractivity contribution in [2.75, 3.05) is 13.6 Å². The second kappa shape index (κ2) is 5.34. The Labute approximate surface area is 92.5 Å². The molecule has 0 spiro atoms. The van der Waals surface area contributed by atoms with Crippen LogP contribution in [-0.4, -0.2) is 19.5 Å². The van der Waals surface area contributed by atoms with Gasteiger partial charge in [-0.1, -0.05) is 11.6 Å². The van der Waals surface area contributed by atoms with Crippen molar-refractivity contribution in [3.05, 3.63) is 21.3 Å². The molecule has 1 unspecified atom stereocenters. The van der Waals surface area contributed by atoms with E-state index in [0.29, 0.717) is 6.54 Å². The molecule has 1 rings (SSSR count). The molecule has 1 aromatic rings. The number of likely N-dealkylation sites (N-methyl/N-ethyl adjacent to an activating group) is 1. The van der Waals surface area contributed by atoms with E-state index >= 15 is 0 Å². The van der Waals surface area contributed by atoms with E-state index in [1.54, 1.807) is 7.05 Å². The van der Waals surface area contributed by atoms with Gasteiger partial charge in [0.2, 0.25) is 5.91 Å². The molecule has 0 aromatic carbocycles. The molecule has 1 heterocycles. The Hall–Kier alpha value is -0.580. The van der Waals surface area contributed by atoms with Crippen molar-refractivity contribution in [2.45, 2.75) is 13.0 Å². The van der Waals surface area contributed by atoms with Crippen molar-refractivity contribution in [1.29, 1.82) is 0 Å². The van der Waals surface area contributed by atoms with Gasteiger partial charge in [-0.3, -0.25) is 4.79 Å². The van der Waals surface area contributed by atoms with E-state index in [2.05, 4.69) is 10.6 Å². The Morgan fingerprint density at radius 3 is 2.86 bits per heavy atom. The minimum absolute atomic E-state index is 0.0143. The van der Waals surface area contributed by atoms with E-state index < -0.39 is 0 Å². The van der Waals surface area contributed by atoms with Crippen molar-refractivity contribution < 1.29 is 4.79 Å². The SMILES string of the molecule is CNC(=O)CNC(C)c1ccc(Cl)s1. The number of thiophene rings is 1. The minimum atomic E-state index is -0.0143. The van der Waals surface area contributed by atoms with Crippen LogP contribution in [-0.2, 0) is 4.79 Å². The van der Waals surface area contributed by atoms with Crippen LogP contribution in [0.15, 0.2) is 12.1 Å². The topological polar surface area (TPSA) is 41.1 Å². The Bertz CT molecular complexity index is 314. The lowest BCUT2D eigenvalue weighted by atomic mass is 10.3. The predicted molar refractivity (Wildman–Crippen MR) is 59.8 cm³/mol. The van der Waals surface area contributed by atoms with Crippen molar-refractivity contribution >= 4 is 28.8 Å². The molecule has 1 atom stereocenters. The Kier molecular flexibility index (Phi) is 4.38. The molecule has 0 fully saturated rings. The van der Waals surface area contributed by atoms with Crippen LogP contribution in [0, 0.1) is 0 Å². The van der Waals surface area contributed by atoms with Crippen molar-refractivity contribution in [3.63, 3.8) is 0 Å². The third-order valence-electron chi connectivity index (χ3n) is 1.87. The van der Waals surface area contributed by atoms with Gasteiger partial charge >= 0.3 is 0 Å². The summed E-state index contributed by atoms with van der Waals surface area (Å²) < 4.78 is 0.772. The third-order valence-corrected chi connectivity index (χ3v) is 3.28. The van der Waals surface area contributed by atoms with Crippen LogP contribution in [0.4, 0.5) is 0 Å². The van der Waals surface area contributed by atoms with Gasteiger partial charge in [-0.25, -0.2) is 0 Å². The maximum absolute atomic E-state index is 11.0. The Morgan fingerprint density at radius 1 is 1.64 bits per heavy atom. The summed E-state index contributed by atoms with van der Waals surface area (Å²) in [6.07, 6.45) is 0. The largest absolute Gasteiger partial charge is 0.358 e. The number of rotatable bonds is 4. The van der Waals surface area contributed by atoms with Gasteiger partial charge in [0.25, 0.3) is 0 Å². The quantitative estimate of drug-likeness (QED) is 0.831. The summed E-state index contributed by atoms with van der Waals surface area (Å²) in [5.41, 5.74) is 0. The smallest absolute Gasteiger partial charge is 0.233 e. The van der Waals surface area contributed by atoms with Crippen molar-refractivity contribution in [1.82, 2.24) is 10.6 Å². The van der Waals surface area contributed by atoms with Gasteiger partial charge < -0.3 is 10.6 Å². The number of carbonyl (C=O) groups is 1. The molecular formula is C9H13ClN2OS. The lowest BCUT2D eigenvalue weighted by Gasteiger charge is -2.10. The fourth-order valence-corrected chi connectivity index (χ4v) is 2.08. The Morgan fingerprint density at radius 2 is 2.36 bits per heavy atom. The zero-order valence-electron chi connectivity index (χ0n) is 8.13. The standard InChI is InChI=1S/C9H13ClN2OS/c1-6(12-5-9(13)11-2)7-3-4-8(10)14-7/h3-4,6,12H,5H2,1-2H3,(H,11,13). The Balaban J connectivity index is 2.42. The summed E-state index contributed by atoms with van der Waals surface area (Å²) in [5.74, 6) is -0.0143. The van der Waals surface area contributed by atoms with Crippen LogP contribution < -0.4 is 10.6 Å². The predicted octanol–water partition coefficient (Wildman–Crippen LogP) is 1.80. The number of hydrogen-bond donors (Lipinski definition) is 2. The highest BCUT2D eigenvalue weighted by Gasteiger charge is 2.08. The average molecular weight is 233 g/mol. The molecular weight excluding hydrogens is 220 g/mol. The van der Waals surface area contributed by atoms with Gasteiger partial charge in [0.05, 0.1) is 10.9 Å². The summed E-state index contributed by atoms with van der Waals surface area (Å²) in [6.45, 7) is 2.33. The first-order valence-electron chi connectivity index (χ1n) is 4.32. The van der Waals surface area contributed by atoms with Gasteiger partial charge in [-0.2, -0.15) is 0 Å². The molecule has 0 radical (unpaired) electrons. The van der Waals surface area contributed by atoms with E-state index in [9.17, 15) is 4.79 Å². The second-order valence-electron chi connectivity index (χ2n) is 2.92. The number of carbonyl (C=O) groups excluding carboxylic acids is 1. The maximum Gasteiger partial charge on any atom is 0.233 e. The van der Waals surface area contributed by atoms with Crippen LogP contribution in [0.3, 0.4) is 0 Å². The van der Waals surface area contributed by atoms with Crippen LogP contribution in [0.1, 0.15) is 17.8 Å². The van der Waals surface area contributed by atoms with E-state index in [0.717, 1.165) is 9.21 Å². The molecule has 0 aliphatic rings. The van der Waals surface area contributed by atoms with Crippen LogP contribution in [0.2, 0.25) is 4.34 Å². The molecule has 1 aromatic heterocycles. The van der Waals surface area contributed by atoms with E-state index in [1.807, 2.05) is 19.1 Å².